The van der Waals surface area contributed by atoms with Gasteiger partial charge >= 0.3 is 0 Å². The van der Waals surface area contributed by atoms with Gasteiger partial charge in [-0.1, -0.05) is 6.07 Å². The Morgan fingerprint density at radius 1 is 1.46 bits per heavy atom. The fourth-order valence-corrected chi connectivity index (χ4v) is 3.02. The van der Waals surface area contributed by atoms with Crippen molar-refractivity contribution < 1.29 is 9.53 Å². The van der Waals surface area contributed by atoms with Crippen molar-refractivity contribution in [3.05, 3.63) is 58.7 Å². The van der Waals surface area contributed by atoms with E-state index in [0.29, 0.717) is 6.61 Å². The molecule has 1 N–H and O–H groups in total. The minimum atomic E-state index is -0.409. The molecule has 2 aromatic heterocycles. The molecule has 1 unspecified atom stereocenters. The molecule has 0 aromatic carbocycles. The molecular formula is C20H24N4O2. The van der Waals surface area contributed by atoms with Crippen LogP contribution in [0.15, 0.2) is 36.0 Å². The highest BCUT2D eigenvalue weighted by molar-refractivity contribution is 6.01. The van der Waals surface area contributed by atoms with Gasteiger partial charge in [-0.2, -0.15) is 5.26 Å². The second kappa shape index (κ2) is 8.97. The van der Waals surface area contributed by atoms with Crippen LogP contribution in [0, 0.1) is 25.2 Å². The summed E-state index contributed by atoms with van der Waals surface area (Å²) in [7, 11) is 1.67. The number of carbonyl (C=O) groups excluding carboxylic acids is 1. The summed E-state index contributed by atoms with van der Waals surface area (Å²) in [5.41, 5.74) is 3.72. The molecule has 0 aliphatic carbocycles. The number of amides is 1. The van der Waals surface area contributed by atoms with E-state index in [9.17, 15) is 10.1 Å². The molecule has 0 spiro atoms. The van der Waals surface area contributed by atoms with Gasteiger partial charge in [0.2, 0.25) is 0 Å². The molecule has 6 heteroatoms. The van der Waals surface area contributed by atoms with Crippen LogP contribution >= 0.6 is 0 Å². The van der Waals surface area contributed by atoms with Crippen LogP contribution in [0.3, 0.4) is 0 Å². The van der Waals surface area contributed by atoms with Gasteiger partial charge in [0.15, 0.2) is 0 Å². The number of rotatable bonds is 7. The number of nitrogens with one attached hydrogen (secondary N) is 1. The van der Waals surface area contributed by atoms with Crippen molar-refractivity contribution in [3.63, 3.8) is 0 Å². The summed E-state index contributed by atoms with van der Waals surface area (Å²) in [6, 6.07) is 9.63. The third-order valence-electron chi connectivity index (χ3n) is 4.19. The van der Waals surface area contributed by atoms with Gasteiger partial charge in [-0.25, -0.2) is 0 Å². The van der Waals surface area contributed by atoms with Gasteiger partial charge in [-0.15, -0.1) is 0 Å². The third-order valence-corrected chi connectivity index (χ3v) is 4.19. The first-order valence-corrected chi connectivity index (χ1v) is 8.45. The summed E-state index contributed by atoms with van der Waals surface area (Å²) in [4.78, 5) is 16.5. The molecule has 2 heterocycles. The van der Waals surface area contributed by atoms with Gasteiger partial charge in [0.05, 0.1) is 24.9 Å². The maximum absolute atomic E-state index is 12.3. The zero-order valence-corrected chi connectivity index (χ0v) is 15.6. The molecule has 0 aliphatic rings. The number of ether oxygens (including phenoxy) is 1. The van der Waals surface area contributed by atoms with E-state index >= 15 is 0 Å². The van der Waals surface area contributed by atoms with Crippen LogP contribution in [0.4, 0.5) is 0 Å². The maximum Gasteiger partial charge on any atom is 0.262 e. The number of carbonyl (C=O) groups is 1. The Morgan fingerprint density at radius 2 is 2.23 bits per heavy atom. The first-order valence-electron chi connectivity index (χ1n) is 8.45. The Kier molecular flexibility index (Phi) is 6.70. The molecular weight excluding hydrogens is 328 g/mol. The summed E-state index contributed by atoms with van der Waals surface area (Å²) >= 11 is 0. The molecule has 2 rings (SSSR count). The lowest BCUT2D eigenvalue weighted by atomic mass is 10.1. The quantitative estimate of drug-likeness (QED) is 0.614. The van der Waals surface area contributed by atoms with E-state index in [0.717, 1.165) is 22.6 Å². The van der Waals surface area contributed by atoms with E-state index in [4.69, 9.17) is 4.74 Å². The predicted octanol–water partition coefficient (Wildman–Crippen LogP) is 2.93. The van der Waals surface area contributed by atoms with E-state index < -0.39 is 5.91 Å². The van der Waals surface area contributed by atoms with E-state index in [-0.39, 0.29) is 18.2 Å². The smallest absolute Gasteiger partial charge is 0.262 e. The number of aromatic nitrogens is 2. The Morgan fingerprint density at radius 3 is 2.85 bits per heavy atom. The number of methoxy groups -OCH3 is 1. The lowest BCUT2D eigenvalue weighted by Crippen LogP contribution is -2.24. The van der Waals surface area contributed by atoms with Crippen LogP contribution in [0.1, 0.15) is 35.6 Å². The highest BCUT2D eigenvalue weighted by Gasteiger charge is 2.15. The normalized spacial score (nSPS) is 12.5. The summed E-state index contributed by atoms with van der Waals surface area (Å²) in [6.45, 7) is 6.93. The second-order valence-corrected chi connectivity index (χ2v) is 6.17. The number of aryl methyl sites for hydroxylation is 1. The van der Waals surface area contributed by atoms with Crippen molar-refractivity contribution in [1.29, 1.82) is 5.26 Å². The lowest BCUT2D eigenvalue weighted by molar-refractivity contribution is -0.117. The molecule has 1 amide bonds. The Bertz CT molecular complexity index is 831. The molecule has 0 fully saturated rings. The highest BCUT2D eigenvalue weighted by atomic mass is 16.5. The minimum Gasteiger partial charge on any atom is -0.383 e. The topological polar surface area (TPSA) is 79.9 Å². The highest BCUT2D eigenvalue weighted by Crippen LogP contribution is 2.22. The van der Waals surface area contributed by atoms with Crippen molar-refractivity contribution in [2.24, 2.45) is 0 Å². The molecule has 136 valence electrons. The number of pyridine rings is 1. The number of hydrogen-bond donors (Lipinski definition) is 1. The van der Waals surface area contributed by atoms with Gasteiger partial charge in [0, 0.05) is 24.7 Å². The molecule has 0 saturated heterocycles. The fraction of sp³-hybridized carbons (Fsp3) is 0.350. The van der Waals surface area contributed by atoms with Crippen molar-refractivity contribution in [1.82, 2.24) is 14.9 Å². The molecule has 0 saturated carbocycles. The average Bonchev–Trinajstić information content (AvgIpc) is 2.92. The molecule has 0 aliphatic heterocycles. The summed E-state index contributed by atoms with van der Waals surface area (Å²) in [6.07, 6.45) is 3.30. The first-order chi connectivity index (χ1) is 12.5. The van der Waals surface area contributed by atoms with Gasteiger partial charge in [-0.3, -0.25) is 9.78 Å². The first kappa shape index (κ1) is 19.4. The zero-order chi connectivity index (χ0) is 19.1. The maximum atomic E-state index is 12.3. The molecule has 0 radical (unpaired) electrons. The van der Waals surface area contributed by atoms with E-state index in [2.05, 4.69) is 21.8 Å². The largest absolute Gasteiger partial charge is 0.383 e. The third kappa shape index (κ3) is 4.58. The van der Waals surface area contributed by atoms with E-state index in [1.54, 1.807) is 19.4 Å². The monoisotopic (exact) mass is 352 g/mol. The van der Waals surface area contributed by atoms with E-state index in [1.165, 1.54) is 0 Å². The van der Waals surface area contributed by atoms with Crippen LogP contribution < -0.4 is 5.32 Å². The predicted molar refractivity (Wildman–Crippen MR) is 100 cm³/mol. The van der Waals surface area contributed by atoms with Crippen molar-refractivity contribution in [2.45, 2.75) is 33.4 Å². The van der Waals surface area contributed by atoms with Gasteiger partial charge < -0.3 is 14.6 Å². The molecule has 2 aromatic rings. The summed E-state index contributed by atoms with van der Waals surface area (Å²) < 4.78 is 7.38. The Balaban J connectivity index is 2.19. The number of nitrogens with zero attached hydrogens (tertiary/aromatic N) is 3. The van der Waals surface area contributed by atoms with Crippen LogP contribution in [0.2, 0.25) is 0 Å². The summed E-state index contributed by atoms with van der Waals surface area (Å²) in [5.74, 6) is -0.409. The van der Waals surface area contributed by atoms with Gasteiger partial charge in [-0.05, 0) is 50.6 Å². The van der Waals surface area contributed by atoms with Gasteiger partial charge in [0.25, 0.3) is 5.91 Å². The van der Waals surface area contributed by atoms with Crippen molar-refractivity contribution >= 4 is 12.0 Å². The second-order valence-electron chi connectivity index (χ2n) is 6.17. The molecule has 0 bridgehead atoms. The number of nitriles is 1. The van der Waals surface area contributed by atoms with Crippen molar-refractivity contribution in [3.8, 4) is 6.07 Å². The minimum absolute atomic E-state index is 0.0700. The fourth-order valence-electron chi connectivity index (χ4n) is 3.02. The van der Waals surface area contributed by atoms with Crippen LogP contribution in [-0.4, -0.2) is 29.2 Å². The van der Waals surface area contributed by atoms with Crippen molar-refractivity contribution in [2.75, 3.05) is 13.7 Å². The standard InChI is InChI=1S/C20H24N4O2/c1-14-9-17(16(3)24(14)15(2)13-26-4)10-18(11-21)20(25)23-12-19-7-5-6-8-22-19/h5-10,15H,12-13H2,1-4H3,(H,23,25)/b18-10+. The molecule has 26 heavy (non-hydrogen) atoms. The Labute approximate surface area is 154 Å². The average molecular weight is 352 g/mol. The van der Waals surface area contributed by atoms with Crippen LogP contribution in [-0.2, 0) is 16.1 Å². The zero-order valence-electron chi connectivity index (χ0n) is 15.6. The molecule has 1 atom stereocenters. The summed E-state index contributed by atoms with van der Waals surface area (Å²) in [5, 5.41) is 12.1. The van der Waals surface area contributed by atoms with Crippen LogP contribution in [0.5, 0.6) is 0 Å². The van der Waals surface area contributed by atoms with Crippen LogP contribution in [0.25, 0.3) is 6.08 Å². The number of hydrogen-bond acceptors (Lipinski definition) is 4. The Hall–Kier alpha value is -2.91. The SMILES string of the molecule is COCC(C)n1c(C)cc(/C=C(\C#N)C(=O)NCc2ccccn2)c1C. The van der Waals surface area contributed by atoms with Gasteiger partial charge in [0.1, 0.15) is 11.6 Å². The van der Waals surface area contributed by atoms with E-state index in [1.807, 2.05) is 44.2 Å². The molecule has 6 nitrogen and oxygen atoms in total. The lowest BCUT2D eigenvalue weighted by Gasteiger charge is -2.17.